The van der Waals surface area contributed by atoms with E-state index in [9.17, 15) is 9.59 Å². The minimum absolute atomic E-state index is 0.0407. The Hall–Kier alpha value is -2.73. The summed E-state index contributed by atoms with van der Waals surface area (Å²) in [6.45, 7) is 1.05. The van der Waals surface area contributed by atoms with Gasteiger partial charge in [-0.3, -0.25) is 14.6 Å². The molecule has 136 valence electrons. The van der Waals surface area contributed by atoms with Crippen LogP contribution in [-0.4, -0.2) is 23.3 Å². The lowest BCUT2D eigenvalue weighted by atomic mass is 9.95. The maximum Gasteiger partial charge on any atom is 0.255 e. The van der Waals surface area contributed by atoms with Gasteiger partial charge in [0, 0.05) is 36.1 Å². The molecule has 6 nitrogen and oxygen atoms in total. The third kappa shape index (κ3) is 4.46. The third-order valence-corrected chi connectivity index (χ3v) is 4.92. The van der Waals surface area contributed by atoms with E-state index in [1.165, 1.54) is 0 Å². The number of hydrogen-bond acceptors (Lipinski definition) is 4. The minimum atomic E-state index is -0.178. The number of pyridine rings is 1. The first-order valence-electron chi connectivity index (χ1n) is 8.95. The van der Waals surface area contributed by atoms with E-state index in [0.717, 1.165) is 24.8 Å². The molecule has 2 aromatic rings. The van der Waals surface area contributed by atoms with Crippen LogP contribution < -0.4 is 16.4 Å². The quantitative estimate of drug-likeness (QED) is 0.743. The molecule has 6 heteroatoms. The second kappa shape index (κ2) is 8.58. The largest absolute Gasteiger partial charge is 0.352 e. The number of anilines is 1. The zero-order chi connectivity index (χ0) is 18.4. The van der Waals surface area contributed by atoms with Crippen LogP contribution in [0.2, 0.25) is 0 Å². The SMILES string of the molecule is NC[C@H]1CCC[C@H]1C(=O)NCc1ccc(NC(=O)c2ccncc2)cc1. The monoisotopic (exact) mass is 352 g/mol. The van der Waals surface area contributed by atoms with Gasteiger partial charge in [-0.1, -0.05) is 18.6 Å². The van der Waals surface area contributed by atoms with Crippen LogP contribution in [0.4, 0.5) is 5.69 Å². The molecule has 0 radical (unpaired) electrons. The number of carbonyl (C=O) groups is 2. The van der Waals surface area contributed by atoms with Crippen molar-refractivity contribution in [2.75, 3.05) is 11.9 Å². The standard InChI is InChI=1S/C20H24N4O2/c21-12-16-2-1-3-18(16)20(26)23-13-14-4-6-17(7-5-14)24-19(25)15-8-10-22-11-9-15/h4-11,16,18H,1-3,12-13,21H2,(H,23,26)(H,24,25)/t16-,18-/m1/s1. The Balaban J connectivity index is 1.51. The first kappa shape index (κ1) is 18.1. The van der Waals surface area contributed by atoms with Crippen molar-refractivity contribution in [3.05, 3.63) is 59.9 Å². The van der Waals surface area contributed by atoms with Gasteiger partial charge >= 0.3 is 0 Å². The number of nitrogens with one attached hydrogen (secondary N) is 2. The summed E-state index contributed by atoms with van der Waals surface area (Å²) in [7, 11) is 0. The molecule has 0 aliphatic heterocycles. The Labute approximate surface area is 153 Å². The molecule has 1 aromatic carbocycles. The van der Waals surface area contributed by atoms with E-state index in [0.29, 0.717) is 30.3 Å². The Bertz CT molecular complexity index is 746. The van der Waals surface area contributed by atoms with Crippen molar-refractivity contribution in [3.8, 4) is 0 Å². The Morgan fingerprint density at radius 1 is 1.08 bits per heavy atom. The molecule has 0 bridgehead atoms. The molecular formula is C20H24N4O2. The van der Waals surface area contributed by atoms with E-state index >= 15 is 0 Å². The number of rotatable bonds is 6. The number of aromatic nitrogens is 1. The van der Waals surface area contributed by atoms with Gasteiger partial charge in [-0.25, -0.2) is 0 Å². The summed E-state index contributed by atoms with van der Waals surface area (Å²) in [6, 6.07) is 10.8. The highest BCUT2D eigenvalue weighted by Crippen LogP contribution is 2.31. The highest BCUT2D eigenvalue weighted by atomic mass is 16.2. The zero-order valence-electron chi connectivity index (χ0n) is 14.7. The predicted molar refractivity (Wildman–Crippen MR) is 100 cm³/mol. The third-order valence-electron chi connectivity index (χ3n) is 4.92. The van der Waals surface area contributed by atoms with Gasteiger partial charge in [-0.15, -0.1) is 0 Å². The van der Waals surface area contributed by atoms with Gasteiger partial charge in [-0.2, -0.15) is 0 Å². The molecule has 3 rings (SSSR count). The summed E-state index contributed by atoms with van der Waals surface area (Å²) in [5.41, 5.74) is 8.01. The van der Waals surface area contributed by atoms with Gasteiger partial charge in [0.2, 0.25) is 5.91 Å². The summed E-state index contributed by atoms with van der Waals surface area (Å²) in [4.78, 5) is 28.3. The fourth-order valence-electron chi connectivity index (χ4n) is 3.40. The van der Waals surface area contributed by atoms with E-state index in [1.54, 1.807) is 24.5 Å². The number of nitrogens with two attached hydrogens (primary N) is 1. The lowest BCUT2D eigenvalue weighted by molar-refractivity contribution is -0.126. The summed E-state index contributed by atoms with van der Waals surface area (Å²) >= 11 is 0. The average Bonchev–Trinajstić information content (AvgIpc) is 3.17. The summed E-state index contributed by atoms with van der Waals surface area (Å²) in [5, 5.41) is 5.84. The van der Waals surface area contributed by atoms with Crippen molar-refractivity contribution in [1.29, 1.82) is 0 Å². The van der Waals surface area contributed by atoms with Gasteiger partial charge in [0.15, 0.2) is 0 Å². The van der Waals surface area contributed by atoms with E-state index in [-0.39, 0.29) is 17.7 Å². The molecule has 4 N–H and O–H groups in total. The van der Waals surface area contributed by atoms with Crippen molar-refractivity contribution in [1.82, 2.24) is 10.3 Å². The summed E-state index contributed by atoms with van der Waals surface area (Å²) in [6.07, 6.45) is 6.21. The molecular weight excluding hydrogens is 328 g/mol. The average molecular weight is 352 g/mol. The summed E-state index contributed by atoms with van der Waals surface area (Å²) < 4.78 is 0. The number of carbonyl (C=O) groups excluding carboxylic acids is 2. The van der Waals surface area contributed by atoms with Gasteiger partial charge in [0.25, 0.3) is 5.91 Å². The predicted octanol–water partition coefficient (Wildman–Crippen LogP) is 2.33. The van der Waals surface area contributed by atoms with Gasteiger partial charge in [-0.05, 0) is 55.1 Å². The molecule has 1 aliphatic rings. The van der Waals surface area contributed by atoms with E-state index in [2.05, 4.69) is 15.6 Å². The first-order chi connectivity index (χ1) is 12.7. The highest BCUT2D eigenvalue weighted by Gasteiger charge is 2.31. The van der Waals surface area contributed by atoms with Crippen molar-refractivity contribution in [2.45, 2.75) is 25.8 Å². The molecule has 1 heterocycles. The second-order valence-corrected chi connectivity index (χ2v) is 6.64. The highest BCUT2D eigenvalue weighted by molar-refractivity contribution is 6.04. The van der Waals surface area contributed by atoms with E-state index in [4.69, 9.17) is 5.73 Å². The van der Waals surface area contributed by atoms with Gasteiger partial charge < -0.3 is 16.4 Å². The van der Waals surface area contributed by atoms with Gasteiger partial charge in [0.05, 0.1) is 0 Å². The van der Waals surface area contributed by atoms with Crippen LogP contribution in [0.1, 0.15) is 35.2 Å². The Morgan fingerprint density at radius 2 is 1.81 bits per heavy atom. The molecule has 0 spiro atoms. The van der Waals surface area contributed by atoms with Crippen LogP contribution in [0, 0.1) is 11.8 Å². The minimum Gasteiger partial charge on any atom is -0.352 e. The molecule has 1 aromatic heterocycles. The van der Waals surface area contributed by atoms with E-state index < -0.39 is 0 Å². The molecule has 1 aliphatic carbocycles. The Morgan fingerprint density at radius 3 is 2.50 bits per heavy atom. The number of amides is 2. The topological polar surface area (TPSA) is 97.1 Å². The van der Waals surface area contributed by atoms with E-state index in [1.807, 2.05) is 24.3 Å². The normalized spacial score (nSPS) is 19.1. The number of benzene rings is 1. The molecule has 2 atom stereocenters. The second-order valence-electron chi connectivity index (χ2n) is 6.64. The van der Waals surface area contributed by atoms with Crippen LogP contribution in [-0.2, 0) is 11.3 Å². The molecule has 0 unspecified atom stereocenters. The molecule has 1 fully saturated rings. The number of hydrogen-bond donors (Lipinski definition) is 3. The first-order valence-corrected chi connectivity index (χ1v) is 8.95. The molecule has 2 amide bonds. The fraction of sp³-hybridized carbons (Fsp3) is 0.350. The smallest absolute Gasteiger partial charge is 0.255 e. The van der Waals surface area contributed by atoms with Crippen molar-refractivity contribution in [2.24, 2.45) is 17.6 Å². The van der Waals surface area contributed by atoms with Crippen LogP contribution in [0.3, 0.4) is 0 Å². The van der Waals surface area contributed by atoms with Crippen molar-refractivity contribution in [3.63, 3.8) is 0 Å². The maximum atomic E-state index is 12.3. The molecule has 0 saturated heterocycles. The van der Waals surface area contributed by atoms with Gasteiger partial charge in [0.1, 0.15) is 0 Å². The van der Waals surface area contributed by atoms with Crippen LogP contribution in [0.15, 0.2) is 48.8 Å². The van der Waals surface area contributed by atoms with Crippen LogP contribution in [0.5, 0.6) is 0 Å². The lowest BCUT2D eigenvalue weighted by Gasteiger charge is -2.17. The maximum absolute atomic E-state index is 12.3. The summed E-state index contributed by atoms with van der Waals surface area (Å²) in [5.74, 6) is 0.259. The van der Waals surface area contributed by atoms with Crippen LogP contribution in [0.25, 0.3) is 0 Å². The van der Waals surface area contributed by atoms with Crippen molar-refractivity contribution >= 4 is 17.5 Å². The zero-order valence-corrected chi connectivity index (χ0v) is 14.7. The Kier molecular flexibility index (Phi) is 5.96. The fourth-order valence-corrected chi connectivity index (χ4v) is 3.40. The number of nitrogens with zero attached hydrogens (tertiary/aromatic N) is 1. The lowest BCUT2D eigenvalue weighted by Crippen LogP contribution is -2.34. The van der Waals surface area contributed by atoms with Crippen LogP contribution >= 0.6 is 0 Å². The van der Waals surface area contributed by atoms with Crippen molar-refractivity contribution < 1.29 is 9.59 Å². The molecule has 26 heavy (non-hydrogen) atoms. The molecule has 1 saturated carbocycles.